The maximum Gasteiger partial charge on any atom is 0.0981 e. The van der Waals surface area contributed by atoms with Gasteiger partial charge in [0.15, 0.2) is 0 Å². The zero-order valence-corrected chi connectivity index (χ0v) is 14.1. The molecule has 1 N–H and O–H groups in total. The highest BCUT2D eigenvalue weighted by Crippen LogP contribution is 2.41. The molecule has 1 unspecified atom stereocenters. The molecule has 1 atom stereocenters. The van der Waals surface area contributed by atoms with Crippen molar-refractivity contribution < 1.29 is 0 Å². The van der Waals surface area contributed by atoms with E-state index in [1.54, 1.807) is 6.34 Å². The highest BCUT2D eigenvalue weighted by Gasteiger charge is 2.20. The molecule has 2 heterocycles. The van der Waals surface area contributed by atoms with Gasteiger partial charge in [0.1, 0.15) is 0 Å². The second kappa shape index (κ2) is 6.65. The first-order valence-electron chi connectivity index (χ1n) is 6.47. The van der Waals surface area contributed by atoms with Crippen LogP contribution in [0, 0.1) is 13.8 Å². The summed E-state index contributed by atoms with van der Waals surface area (Å²) < 4.78 is 0. The van der Waals surface area contributed by atoms with Crippen molar-refractivity contribution in [2.24, 2.45) is 4.99 Å². The number of hydrogen-bond acceptors (Lipinski definition) is 3. The van der Waals surface area contributed by atoms with Crippen LogP contribution in [0.3, 0.4) is 0 Å². The van der Waals surface area contributed by atoms with E-state index in [9.17, 15) is 0 Å². The third kappa shape index (κ3) is 3.15. The lowest BCUT2D eigenvalue weighted by Crippen LogP contribution is -2.09. The van der Waals surface area contributed by atoms with E-state index < -0.39 is 0 Å². The zero-order valence-electron chi connectivity index (χ0n) is 11.8. The zero-order chi connectivity index (χ0) is 14.1. The van der Waals surface area contributed by atoms with Crippen LogP contribution in [-0.4, -0.2) is 6.34 Å². The summed E-state index contributed by atoms with van der Waals surface area (Å²) >= 11 is 7.81. The van der Waals surface area contributed by atoms with Crippen molar-refractivity contribution in [2.75, 3.05) is 0 Å². The van der Waals surface area contributed by atoms with Gasteiger partial charge < -0.3 is 5.32 Å². The molecule has 2 nitrogen and oxygen atoms in total. The number of benzene rings is 1. The topological polar surface area (TPSA) is 24.4 Å². The quantitative estimate of drug-likeness (QED) is 0.789. The molecule has 110 valence electrons. The van der Waals surface area contributed by atoms with Crippen LogP contribution in [0.2, 0.25) is 5.02 Å². The first-order chi connectivity index (χ1) is 9.66. The van der Waals surface area contributed by atoms with E-state index in [2.05, 4.69) is 42.4 Å². The fourth-order valence-electron chi connectivity index (χ4n) is 2.35. The summed E-state index contributed by atoms with van der Waals surface area (Å²) in [4.78, 5) is 7.16. The lowest BCUT2D eigenvalue weighted by Gasteiger charge is -2.14. The van der Waals surface area contributed by atoms with Crippen LogP contribution in [0.5, 0.6) is 0 Å². The molecule has 1 aromatic carbocycles. The van der Waals surface area contributed by atoms with Crippen LogP contribution in [0.4, 0.5) is 0 Å². The number of hydrogen-bond donors (Lipinski definition) is 1. The van der Waals surface area contributed by atoms with Crippen molar-refractivity contribution in [1.82, 2.24) is 5.32 Å². The second-order valence-electron chi connectivity index (χ2n) is 4.78. The fourth-order valence-corrected chi connectivity index (χ4v) is 3.68. The normalized spacial score (nSPS) is 16.4. The van der Waals surface area contributed by atoms with Crippen molar-refractivity contribution in [1.29, 1.82) is 0 Å². The van der Waals surface area contributed by atoms with E-state index >= 15 is 0 Å². The Kier molecular flexibility index (Phi) is 5.09. The summed E-state index contributed by atoms with van der Waals surface area (Å²) in [5.41, 5.74) is 3.82. The number of aryl methyl sites for hydroxylation is 1. The Morgan fingerprint density at radius 3 is 2.52 bits per heavy atom. The van der Waals surface area contributed by atoms with Crippen LogP contribution in [0.1, 0.15) is 22.0 Å². The van der Waals surface area contributed by atoms with Crippen LogP contribution in [0.15, 0.2) is 41.5 Å². The smallest absolute Gasteiger partial charge is 0.0981 e. The minimum atomic E-state index is 0. The van der Waals surface area contributed by atoms with E-state index in [-0.39, 0.29) is 18.4 Å². The molecule has 1 aliphatic heterocycles. The summed E-state index contributed by atoms with van der Waals surface area (Å²) in [5, 5.41) is 3.76. The van der Waals surface area contributed by atoms with E-state index in [0.29, 0.717) is 0 Å². The average Bonchev–Trinajstić information content (AvgIpc) is 2.77. The molecular formula is C16H16Cl2N2S. The molecule has 1 aliphatic rings. The van der Waals surface area contributed by atoms with Crippen LogP contribution in [0.25, 0.3) is 10.4 Å². The van der Waals surface area contributed by atoms with Crippen molar-refractivity contribution in [3.63, 3.8) is 0 Å². The number of nitrogens with zero attached hydrogens (tertiary/aromatic N) is 1. The molecular weight excluding hydrogens is 323 g/mol. The van der Waals surface area contributed by atoms with Gasteiger partial charge >= 0.3 is 0 Å². The lowest BCUT2D eigenvalue weighted by molar-refractivity contribution is 0.881. The highest BCUT2D eigenvalue weighted by molar-refractivity contribution is 7.15. The second-order valence-corrected chi connectivity index (χ2v) is 6.44. The standard InChI is InChI=1S/C16H15ClN2S.ClH/c1-10-11(2)20-16(12-3-5-13(17)6-4-12)15(10)14-7-8-18-9-19-14;/h3-9,14H,1-2H3,(H,18,19);1H. The largest absolute Gasteiger partial charge is 0.353 e. The van der Waals surface area contributed by atoms with Gasteiger partial charge in [0.2, 0.25) is 0 Å². The molecule has 3 rings (SSSR count). The molecule has 0 amide bonds. The maximum absolute atomic E-state index is 5.98. The molecule has 1 aromatic heterocycles. The fraction of sp³-hybridized carbons (Fsp3) is 0.188. The van der Waals surface area contributed by atoms with Crippen molar-refractivity contribution in [3.05, 3.63) is 57.6 Å². The summed E-state index contributed by atoms with van der Waals surface area (Å²) in [7, 11) is 0. The van der Waals surface area contributed by atoms with Gasteiger partial charge in [-0.05, 0) is 43.2 Å². The first-order valence-corrected chi connectivity index (χ1v) is 7.66. The summed E-state index contributed by atoms with van der Waals surface area (Å²) in [6.07, 6.45) is 5.78. The monoisotopic (exact) mass is 338 g/mol. The Morgan fingerprint density at radius 2 is 1.90 bits per heavy atom. The lowest BCUT2D eigenvalue weighted by atomic mass is 9.98. The molecule has 21 heavy (non-hydrogen) atoms. The van der Waals surface area contributed by atoms with Gasteiger partial charge in [-0.1, -0.05) is 23.7 Å². The molecule has 0 bridgehead atoms. The first kappa shape index (κ1) is 16.1. The molecule has 0 fully saturated rings. The van der Waals surface area contributed by atoms with Gasteiger partial charge in [-0.2, -0.15) is 0 Å². The molecule has 0 spiro atoms. The van der Waals surface area contributed by atoms with E-state index in [4.69, 9.17) is 11.6 Å². The van der Waals surface area contributed by atoms with Gasteiger partial charge in [0, 0.05) is 26.5 Å². The molecule has 5 heteroatoms. The van der Waals surface area contributed by atoms with Crippen molar-refractivity contribution in [2.45, 2.75) is 19.9 Å². The van der Waals surface area contributed by atoms with Gasteiger partial charge in [-0.25, -0.2) is 0 Å². The number of thiophene rings is 1. The third-order valence-electron chi connectivity index (χ3n) is 3.52. The minimum Gasteiger partial charge on any atom is -0.353 e. The van der Waals surface area contributed by atoms with E-state index in [1.165, 1.54) is 26.4 Å². The van der Waals surface area contributed by atoms with Crippen molar-refractivity contribution >= 4 is 41.7 Å². The van der Waals surface area contributed by atoms with Gasteiger partial charge in [-0.15, -0.1) is 23.7 Å². The minimum absolute atomic E-state index is 0. The Bertz CT molecular complexity index is 675. The summed E-state index contributed by atoms with van der Waals surface area (Å²) in [5.74, 6) is 0. The van der Waals surface area contributed by atoms with Crippen LogP contribution < -0.4 is 5.32 Å². The van der Waals surface area contributed by atoms with Crippen LogP contribution >= 0.6 is 35.3 Å². The van der Waals surface area contributed by atoms with Gasteiger partial charge in [0.25, 0.3) is 0 Å². The number of halogens is 2. The molecule has 0 saturated carbocycles. The Morgan fingerprint density at radius 1 is 1.19 bits per heavy atom. The van der Waals surface area contributed by atoms with Crippen LogP contribution in [-0.2, 0) is 0 Å². The third-order valence-corrected chi connectivity index (χ3v) is 5.04. The van der Waals surface area contributed by atoms with Gasteiger partial charge in [-0.3, -0.25) is 4.99 Å². The summed E-state index contributed by atoms with van der Waals surface area (Å²) in [6.45, 7) is 4.34. The highest BCUT2D eigenvalue weighted by atomic mass is 35.5. The SMILES string of the molecule is Cc1sc(-c2ccc(Cl)cc2)c(C2C=CNC=N2)c1C.Cl. The Hall–Kier alpha value is -1.29. The molecule has 0 aliphatic carbocycles. The van der Waals surface area contributed by atoms with Gasteiger partial charge in [0.05, 0.1) is 12.4 Å². The average molecular weight is 339 g/mol. The molecule has 0 saturated heterocycles. The number of nitrogens with one attached hydrogen (secondary N) is 1. The maximum atomic E-state index is 5.98. The predicted octanol–water partition coefficient (Wildman–Crippen LogP) is 5.29. The number of aliphatic imine (C=N–C) groups is 1. The Labute approximate surface area is 140 Å². The predicted molar refractivity (Wildman–Crippen MR) is 95.0 cm³/mol. The van der Waals surface area contributed by atoms with Crippen molar-refractivity contribution in [3.8, 4) is 10.4 Å². The molecule has 2 aromatic rings. The number of rotatable bonds is 2. The summed E-state index contributed by atoms with van der Waals surface area (Å²) in [6, 6.07) is 8.11. The Balaban J connectivity index is 0.00000161. The molecule has 0 radical (unpaired) electrons. The van der Waals surface area contributed by atoms with E-state index in [0.717, 1.165) is 5.02 Å². The van der Waals surface area contributed by atoms with E-state index in [1.807, 2.05) is 29.7 Å².